The minimum absolute atomic E-state index is 0.0644. The van der Waals surface area contributed by atoms with Gasteiger partial charge in [-0.25, -0.2) is 4.68 Å². The van der Waals surface area contributed by atoms with E-state index in [-0.39, 0.29) is 23.9 Å². The zero-order valence-electron chi connectivity index (χ0n) is 15.1. The summed E-state index contributed by atoms with van der Waals surface area (Å²) in [6.45, 7) is 4.89. The van der Waals surface area contributed by atoms with E-state index in [2.05, 4.69) is 4.90 Å². The van der Waals surface area contributed by atoms with Crippen LogP contribution in [0.25, 0.3) is 5.69 Å². The Morgan fingerprint density at radius 1 is 1.15 bits per heavy atom. The van der Waals surface area contributed by atoms with Crippen molar-refractivity contribution in [1.29, 1.82) is 0 Å². The van der Waals surface area contributed by atoms with Gasteiger partial charge in [-0.2, -0.15) is 5.10 Å². The van der Waals surface area contributed by atoms with E-state index in [9.17, 15) is 9.59 Å². The highest BCUT2D eigenvalue weighted by Crippen LogP contribution is 2.52. The molecule has 0 radical (unpaired) electrons. The number of amides is 2. The van der Waals surface area contributed by atoms with Crippen molar-refractivity contribution in [2.75, 3.05) is 13.1 Å². The Bertz CT molecular complexity index is 894. The molecular formula is C20H22N4O2. The van der Waals surface area contributed by atoms with Crippen molar-refractivity contribution in [3.8, 4) is 5.69 Å². The normalized spacial score (nSPS) is 22.5. The number of rotatable bonds is 3. The van der Waals surface area contributed by atoms with Gasteiger partial charge in [0.15, 0.2) is 0 Å². The second-order valence-electron chi connectivity index (χ2n) is 7.67. The summed E-state index contributed by atoms with van der Waals surface area (Å²) < 4.78 is 1.81. The van der Waals surface area contributed by atoms with E-state index in [1.807, 2.05) is 41.9 Å². The molecule has 3 heterocycles. The average Bonchev–Trinajstić information content (AvgIpc) is 3.30. The zero-order valence-corrected chi connectivity index (χ0v) is 15.1. The molecule has 2 aliphatic heterocycles. The van der Waals surface area contributed by atoms with Gasteiger partial charge < -0.3 is 9.80 Å². The monoisotopic (exact) mass is 350 g/mol. The van der Waals surface area contributed by atoms with Crippen LogP contribution in [0.4, 0.5) is 0 Å². The van der Waals surface area contributed by atoms with E-state index in [4.69, 9.17) is 5.10 Å². The number of aromatic nitrogens is 2. The van der Waals surface area contributed by atoms with E-state index >= 15 is 0 Å². The molecule has 1 aliphatic carbocycles. The molecule has 1 saturated carbocycles. The number of para-hydroxylation sites is 1. The van der Waals surface area contributed by atoms with E-state index in [1.54, 1.807) is 11.8 Å². The predicted octanol–water partition coefficient (Wildman–Crippen LogP) is 2.32. The van der Waals surface area contributed by atoms with Crippen molar-refractivity contribution >= 4 is 11.8 Å². The maximum Gasteiger partial charge on any atom is 0.273 e. The lowest BCUT2D eigenvalue weighted by molar-refractivity contribution is -0.136. The minimum Gasteiger partial charge on any atom is -0.339 e. The van der Waals surface area contributed by atoms with Crippen LogP contribution in [0.5, 0.6) is 0 Å². The number of likely N-dealkylation sites (tertiary alicyclic amines) is 1. The maximum absolute atomic E-state index is 13.4. The van der Waals surface area contributed by atoms with Gasteiger partial charge in [-0.3, -0.25) is 9.59 Å². The molecule has 0 bridgehead atoms. The highest BCUT2D eigenvalue weighted by Gasteiger charge is 2.53. The molecule has 1 aromatic heterocycles. The fourth-order valence-corrected chi connectivity index (χ4v) is 4.40. The standard InChI is InChI=1S/C20H22N4O2/c1-12-17-18(14-8-9-14)23(16-10-22(11-16)13(2)25)20(26)19(17)24(21-12)15-6-4-3-5-7-15/h3-7,14,16,18H,8-11H2,1-2H3. The molecule has 1 aromatic carbocycles. The zero-order chi connectivity index (χ0) is 18.0. The topological polar surface area (TPSA) is 58.4 Å². The third-order valence-corrected chi connectivity index (χ3v) is 5.91. The Morgan fingerprint density at radius 2 is 1.85 bits per heavy atom. The molecule has 1 unspecified atom stereocenters. The van der Waals surface area contributed by atoms with Crippen LogP contribution in [0.1, 0.15) is 47.6 Å². The Balaban J connectivity index is 1.56. The molecule has 2 fully saturated rings. The second kappa shape index (κ2) is 5.43. The van der Waals surface area contributed by atoms with Crippen LogP contribution in [0.3, 0.4) is 0 Å². The van der Waals surface area contributed by atoms with Crippen LogP contribution in [-0.2, 0) is 4.79 Å². The summed E-state index contributed by atoms with van der Waals surface area (Å²) in [6.07, 6.45) is 2.32. The first-order chi connectivity index (χ1) is 12.6. The molecule has 2 aromatic rings. The molecule has 6 heteroatoms. The fourth-order valence-electron chi connectivity index (χ4n) is 4.40. The van der Waals surface area contributed by atoms with Crippen LogP contribution < -0.4 is 0 Å². The number of aryl methyl sites for hydroxylation is 1. The Morgan fingerprint density at radius 3 is 2.46 bits per heavy atom. The summed E-state index contributed by atoms with van der Waals surface area (Å²) in [5, 5.41) is 4.70. The fraction of sp³-hybridized carbons (Fsp3) is 0.450. The average molecular weight is 350 g/mol. The first kappa shape index (κ1) is 15.6. The van der Waals surface area contributed by atoms with E-state index in [1.165, 1.54) is 0 Å². The lowest BCUT2D eigenvalue weighted by atomic mass is 9.99. The highest BCUT2D eigenvalue weighted by atomic mass is 16.2. The summed E-state index contributed by atoms with van der Waals surface area (Å²) in [5.41, 5.74) is 3.68. The molecule has 6 nitrogen and oxygen atoms in total. The van der Waals surface area contributed by atoms with Crippen LogP contribution in [0.15, 0.2) is 30.3 Å². The van der Waals surface area contributed by atoms with Crippen molar-refractivity contribution in [3.63, 3.8) is 0 Å². The van der Waals surface area contributed by atoms with Crippen molar-refractivity contribution in [3.05, 3.63) is 47.3 Å². The van der Waals surface area contributed by atoms with Crippen molar-refractivity contribution in [2.45, 2.75) is 38.8 Å². The van der Waals surface area contributed by atoms with Gasteiger partial charge in [0.05, 0.1) is 23.5 Å². The van der Waals surface area contributed by atoms with E-state index in [0.29, 0.717) is 24.7 Å². The van der Waals surface area contributed by atoms with Crippen LogP contribution >= 0.6 is 0 Å². The van der Waals surface area contributed by atoms with Crippen molar-refractivity contribution in [2.24, 2.45) is 5.92 Å². The minimum atomic E-state index is 0.0644. The molecule has 134 valence electrons. The van der Waals surface area contributed by atoms with Crippen LogP contribution in [0.2, 0.25) is 0 Å². The molecule has 0 spiro atoms. The van der Waals surface area contributed by atoms with Gasteiger partial charge in [-0.1, -0.05) is 18.2 Å². The lowest BCUT2D eigenvalue weighted by Gasteiger charge is -2.46. The van der Waals surface area contributed by atoms with Gasteiger partial charge >= 0.3 is 0 Å². The molecule has 1 atom stereocenters. The van der Waals surface area contributed by atoms with Gasteiger partial charge in [0, 0.05) is 25.6 Å². The number of hydrogen-bond donors (Lipinski definition) is 0. The van der Waals surface area contributed by atoms with Gasteiger partial charge in [0.25, 0.3) is 5.91 Å². The molecule has 0 N–H and O–H groups in total. The third kappa shape index (κ3) is 2.14. The van der Waals surface area contributed by atoms with Crippen LogP contribution in [-0.4, -0.2) is 50.5 Å². The van der Waals surface area contributed by atoms with E-state index < -0.39 is 0 Å². The Kier molecular flexibility index (Phi) is 3.26. The lowest BCUT2D eigenvalue weighted by Crippen LogP contribution is -2.61. The van der Waals surface area contributed by atoms with Crippen molar-refractivity contribution < 1.29 is 9.59 Å². The number of carbonyl (C=O) groups excluding carboxylic acids is 2. The summed E-state index contributed by atoms with van der Waals surface area (Å²) in [4.78, 5) is 28.8. The number of benzene rings is 1. The summed E-state index contributed by atoms with van der Waals surface area (Å²) >= 11 is 0. The molecule has 3 aliphatic rings. The molecule has 1 saturated heterocycles. The van der Waals surface area contributed by atoms with Crippen molar-refractivity contribution in [1.82, 2.24) is 19.6 Å². The van der Waals surface area contributed by atoms with Gasteiger partial charge in [-0.05, 0) is 37.8 Å². The van der Waals surface area contributed by atoms with Gasteiger partial charge in [-0.15, -0.1) is 0 Å². The summed E-state index contributed by atoms with van der Waals surface area (Å²) in [6, 6.07) is 10.1. The molecule has 5 rings (SSSR count). The van der Waals surface area contributed by atoms with Crippen LogP contribution in [0, 0.1) is 12.8 Å². The number of hydrogen-bond acceptors (Lipinski definition) is 3. The largest absolute Gasteiger partial charge is 0.339 e. The first-order valence-corrected chi connectivity index (χ1v) is 9.29. The number of nitrogens with zero attached hydrogens (tertiary/aromatic N) is 4. The SMILES string of the molecule is CC(=O)N1CC(N2C(=O)c3c(c(C)nn3-c3ccccc3)C2C2CC2)C1. The van der Waals surface area contributed by atoms with E-state index in [0.717, 1.165) is 29.8 Å². The second-order valence-corrected chi connectivity index (χ2v) is 7.67. The maximum atomic E-state index is 13.4. The Hall–Kier alpha value is -2.63. The molecule has 26 heavy (non-hydrogen) atoms. The van der Waals surface area contributed by atoms with Gasteiger partial charge in [0.2, 0.25) is 5.91 Å². The quantitative estimate of drug-likeness (QED) is 0.854. The smallest absolute Gasteiger partial charge is 0.273 e. The summed E-state index contributed by atoms with van der Waals surface area (Å²) in [5.74, 6) is 0.674. The Labute approximate surface area is 152 Å². The first-order valence-electron chi connectivity index (χ1n) is 9.29. The highest BCUT2D eigenvalue weighted by molar-refractivity contribution is 5.99. The summed E-state index contributed by atoms with van der Waals surface area (Å²) in [7, 11) is 0. The number of fused-ring (bicyclic) bond motifs is 1. The molecular weight excluding hydrogens is 328 g/mol. The third-order valence-electron chi connectivity index (χ3n) is 5.91. The predicted molar refractivity (Wildman–Crippen MR) is 96.0 cm³/mol. The number of carbonyl (C=O) groups is 2. The van der Waals surface area contributed by atoms with Gasteiger partial charge in [0.1, 0.15) is 5.69 Å². The molecule has 2 amide bonds.